The van der Waals surface area contributed by atoms with Crippen molar-refractivity contribution in [1.29, 1.82) is 5.26 Å². The molecular formula is C21H18F3N3O. The zero-order valence-corrected chi connectivity index (χ0v) is 15.4. The Bertz CT molecular complexity index is 1060. The van der Waals surface area contributed by atoms with Gasteiger partial charge in [0.15, 0.2) is 0 Å². The van der Waals surface area contributed by atoms with Crippen molar-refractivity contribution in [3.8, 4) is 17.3 Å². The Kier molecular flexibility index (Phi) is 4.99. The van der Waals surface area contributed by atoms with Gasteiger partial charge in [0.2, 0.25) is 0 Å². The molecular weight excluding hydrogens is 367 g/mol. The molecule has 0 N–H and O–H groups in total. The van der Waals surface area contributed by atoms with E-state index in [1.54, 1.807) is 36.4 Å². The highest BCUT2D eigenvalue weighted by Gasteiger charge is 2.36. The van der Waals surface area contributed by atoms with E-state index in [0.717, 1.165) is 17.2 Å². The number of hydrogen-bond donors (Lipinski definition) is 0. The van der Waals surface area contributed by atoms with Crippen LogP contribution in [0.1, 0.15) is 37.8 Å². The van der Waals surface area contributed by atoms with Gasteiger partial charge in [-0.05, 0) is 30.4 Å². The Hall–Kier alpha value is -3.14. The largest absolute Gasteiger partial charge is 0.417 e. The summed E-state index contributed by atoms with van der Waals surface area (Å²) in [6.45, 7) is 4.13. The summed E-state index contributed by atoms with van der Waals surface area (Å²) in [5.74, 6) is 0. The first-order valence-electron chi connectivity index (χ1n) is 8.72. The van der Waals surface area contributed by atoms with E-state index in [9.17, 15) is 23.2 Å². The Balaban J connectivity index is 2.30. The molecule has 0 atom stereocenters. The average Bonchev–Trinajstić information content (AvgIpc) is 2.64. The molecule has 1 aliphatic carbocycles. The molecule has 0 fully saturated rings. The molecule has 0 amide bonds. The van der Waals surface area contributed by atoms with E-state index in [2.05, 4.69) is 18.9 Å². The number of benzene rings is 1. The van der Waals surface area contributed by atoms with Crippen LogP contribution < -0.4 is 5.56 Å². The molecule has 28 heavy (non-hydrogen) atoms. The number of pyridine rings is 1. The van der Waals surface area contributed by atoms with Gasteiger partial charge in [-0.1, -0.05) is 50.3 Å². The standard InChI is InChI=1S/C21H18F3N3O/c1-20(2)10-8-15(9-11-20)26-27-18(14-6-4-3-5-7-14)12-17(21(22,23)24)16(13-25)19(27)28/h3-8,10,12H,9,11H2,1-2H3. The minimum Gasteiger partial charge on any atom is -0.266 e. The smallest absolute Gasteiger partial charge is 0.266 e. The second kappa shape index (κ2) is 7.12. The highest BCUT2D eigenvalue weighted by atomic mass is 19.4. The Morgan fingerprint density at radius 2 is 1.89 bits per heavy atom. The summed E-state index contributed by atoms with van der Waals surface area (Å²) in [5.41, 5.74) is -2.34. The number of nitriles is 1. The van der Waals surface area contributed by atoms with Crippen LogP contribution in [0.3, 0.4) is 0 Å². The van der Waals surface area contributed by atoms with Crippen LogP contribution in [0.15, 0.2) is 58.4 Å². The third kappa shape index (κ3) is 3.91. The summed E-state index contributed by atoms with van der Waals surface area (Å²) >= 11 is 0. The maximum Gasteiger partial charge on any atom is 0.417 e. The average molecular weight is 385 g/mol. The monoisotopic (exact) mass is 385 g/mol. The molecule has 0 radical (unpaired) electrons. The van der Waals surface area contributed by atoms with Gasteiger partial charge in [-0.2, -0.15) is 28.2 Å². The van der Waals surface area contributed by atoms with Crippen LogP contribution in [0.25, 0.3) is 11.3 Å². The van der Waals surface area contributed by atoms with Crippen molar-refractivity contribution in [3.05, 3.63) is 70.0 Å². The molecule has 3 rings (SSSR count). The number of allylic oxidation sites excluding steroid dienone is 2. The molecule has 7 heteroatoms. The van der Waals surface area contributed by atoms with Crippen molar-refractivity contribution in [2.24, 2.45) is 10.5 Å². The molecule has 0 unspecified atom stereocenters. The lowest BCUT2D eigenvalue weighted by Gasteiger charge is -2.24. The zero-order valence-electron chi connectivity index (χ0n) is 15.4. The van der Waals surface area contributed by atoms with Crippen molar-refractivity contribution in [3.63, 3.8) is 0 Å². The normalized spacial score (nSPS) is 17.5. The summed E-state index contributed by atoms with van der Waals surface area (Å²) < 4.78 is 41.2. The lowest BCUT2D eigenvalue weighted by molar-refractivity contribution is -0.137. The highest BCUT2D eigenvalue weighted by Crippen LogP contribution is 2.34. The van der Waals surface area contributed by atoms with Crippen LogP contribution in [-0.4, -0.2) is 10.4 Å². The second-order valence-electron chi connectivity index (χ2n) is 7.32. The van der Waals surface area contributed by atoms with Gasteiger partial charge >= 0.3 is 6.18 Å². The van der Waals surface area contributed by atoms with Crippen molar-refractivity contribution in [2.45, 2.75) is 32.9 Å². The van der Waals surface area contributed by atoms with Crippen LogP contribution in [-0.2, 0) is 6.18 Å². The van der Waals surface area contributed by atoms with Crippen LogP contribution in [0.5, 0.6) is 0 Å². The number of rotatable bonds is 2. The van der Waals surface area contributed by atoms with Crippen molar-refractivity contribution in [1.82, 2.24) is 4.68 Å². The SMILES string of the molecule is CC1(C)C=CC(=Nn2c(-c3ccccc3)cc(C(F)(F)F)c(C#N)c2=O)CC1. The molecule has 0 aliphatic heterocycles. The summed E-state index contributed by atoms with van der Waals surface area (Å²) in [5, 5.41) is 13.5. The molecule has 0 bridgehead atoms. The maximum absolute atomic E-state index is 13.4. The fourth-order valence-corrected chi connectivity index (χ4v) is 3.00. The van der Waals surface area contributed by atoms with Gasteiger partial charge in [0.1, 0.15) is 11.6 Å². The van der Waals surface area contributed by atoms with E-state index < -0.39 is 22.9 Å². The quantitative estimate of drug-likeness (QED) is 0.732. The number of nitrogens with zero attached hydrogens (tertiary/aromatic N) is 3. The second-order valence-corrected chi connectivity index (χ2v) is 7.32. The van der Waals surface area contributed by atoms with E-state index in [1.807, 2.05) is 6.08 Å². The van der Waals surface area contributed by atoms with Gasteiger partial charge < -0.3 is 0 Å². The first kappa shape index (κ1) is 19.6. The molecule has 1 aromatic heterocycles. The zero-order chi connectivity index (χ0) is 20.5. The van der Waals surface area contributed by atoms with E-state index in [-0.39, 0.29) is 11.1 Å². The van der Waals surface area contributed by atoms with Crippen LogP contribution in [0.2, 0.25) is 0 Å². The molecule has 2 aromatic rings. The first-order valence-corrected chi connectivity index (χ1v) is 8.72. The van der Waals surface area contributed by atoms with Gasteiger partial charge in [0, 0.05) is 5.56 Å². The Morgan fingerprint density at radius 1 is 1.21 bits per heavy atom. The van der Waals surface area contributed by atoms with Gasteiger partial charge in [-0.25, -0.2) is 0 Å². The maximum atomic E-state index is 13.4. The molecule has 0 saturated heterocycles. The number of hydrogen-bond acceptors (Lipinski definition) is 3. The molecule has 144 valence electrons. The fraction of sp³-hybridized carbons (Fsp3) is 0.286. The summed E-state index contributed by atoms with van der Waals surface area (Å²) in [6.07, 6.45) is 0.275. The molecule has 1 aliphatic rings. The highest BCUT2D eigenvalue weighted by molar-refractivity contribution is 5.95. The topological polar surface area (TPSA) is 58.1 Å². The van der Waals surface area contributed by atoms with E-state index in [1.165, 1.54) is 6.07 Å². The van der Waals surface area contributed by atoms with E-state index in [4.69, 9.17) is 0 Å². The summed E-state index contributed by atoms with van der Waals surface area (Å²) in [7, 11) is 0. The molecule has 1 aromatic carbocycles. The fourth-order valence-electron chi connectivity index (χ4n) is 3.00. The predicted octanol–water partition coefficient (Wildman–Crippen LogP) is 4.99. The Labute approximate surface area is 160 Å². The van der Waals surface area contributed by atoms with Gasteiger partial charge in [0.25, 0.3) is 5.56 Å². The minimum absolute atomic E-state index is 0.00972. The van der Waals surface area contributed by atoms with Crippen LogP contribution in [0, 0.1) is 16.7 Å². The van der Waals surface area contributed by atoms with Crippen molar-refractivity contribution in [2.75, 3.05) is 0 Å². The Morgan fingerprint density at radius 3 is 2.43 bits per heavy atom. The lowest BCUT2D eigenvalue weighted by Crippen LogP contribution is -2.27. The third-order valence-electron chi connectivity index (χ3n) is 4.65. The van der Waals surface area contributed by atoms with Crippen molar-refractivity contribution >= 4 is 5.71 Å². The summed E-state index contributed by atoms with van der Waals surface area (Å²) in [4.78, 5) is 12.8. The molecule has 4 nitrogen and oxygen atoms in total. The van der Waals surface area contributed by atoms with Gasteiger partial charge in [-0.3, -0.25) is 4.79 Å². The molecule has 0 spiro atoms. The minimum atomic E-state index is -4.82. The molecule has 1 heterocycles. The first-order chi connectivity index (χ1) is 13.1. The van der Waals surface area contributed by atoms with Gasteiger partial charge in [0.05, 0.1) is 17.0 Å². The number of halogens is 3. The predicted molar refractivity (Wildman–Crippen MR) is 101 cm³/mol. The van der Waals surface area contributed by atoms with E-state index >= 15 is 0 Å². The van der Waals surface area contributed by atoms with Crippen LogP contribution in [0.4, 0.5) is 13.2 Å². The van der Waals surface area contributed by atoms with Crippen molar-refractivity contribution < 1.29 is 13.2 Å². The van der Waals surface area contributed by atoms with Crippen LogP contribution >= 0.6 is 0 Å². The van der Waals surface area contributed by atoms with Gasteiger partial charge in [-0.15, -0.1) is 0 Å². The molecule has 0 saturated carbocycles. The lowest BCUT2D eigenvalue weighted by atomic mass is 9.82. The summed E-state index contributed by atoms with van der Waals surface area (Å²) in [6, 6.07) is 10.4. The number of aromatic nitrogens is 1. The third-order valence-corrected chi connectivity index (χ3v) is 4.65. The number of alkyl halides is 3. The van der Waals surface area contributed by atoms with E-state index in [0.29, 0.717) is 17.7 Å².